The van der Waals surface area contributed by atoms with Crippen molar-refractivity contribution >= 4 is 18.3 Å². The Hall–Kier alpha value is -1.10. The van der Waals surface area contributed by atoms with Gasteiger partial charge in [0.25, 0.3) is 0 Å². The number of carbonyl (C=O) groups excluding carboxylic acids is 1. The zero-order chi connectivity index (χ0) is 14.8. The summed E-state index contributed by atoms with van der Waals surface area (Å²) in [4.78, 5) is 12.1. The summed E-state index contributed by atoms with van der Waals surface area (Å²) in [5.74, 6) is -0.105. The molecule has 0 fully saturated rings. The van der Waals surface area contributed by atoms with Crippen molar-refractivity contribution in [3.8, 4) is 0 Å². The van der Waals surface area contributed by atoms with Crippen LogP contribution in [0.2, 0.25) is 0 Å². The molecule has 4 nitrogen and oxygen atoms in total. The smallest absolute Gasteiger partial charge is 0.237 e. The second kappa shape index (κ2) is 11.5. The fourth-order valence-electron chi connectivity index (χ4n) is 2.12. The molecule has 3 N–H and O–H groups in total. The second-order valence-corrected chi connectivity index (χ2v) is 5.10. The van der Waals surface area contributed by atoms with E-state index in [4.69, 9.17) is 10.5 Å². The Kier molecular flexibility index (Phi) is 10.9. The van der Waals surface area contributed by atoms with E-state index < -0.39 is 6.04 Å². The number of nitrogens with two attached hydrogens (primary N) is 1. The third-order valence-electron chi connectivity index (χ3n) is 3.26. The van der Waals surface area contributed by atoms with E-state index in [0.717, 1.165) is 24.8 Å². The van der Waals surface area contributed by atoms with E-state index in [1.54, 1.807) is 7.11 Å². The normalized spacial score (nSPS) is 13.1. The van der Waals surface area contributed by atoms with Crippen molar-refractivity contribution in [1.29, 1.82) is 0 Å². The van der Waals surface area contributed by atoms with Crippen molar-refractivity contribution in [2.75, 3.05) is 13.7 Å². The van der Waals surface area contributed by atoms with Gasteiger partial charge in [-0.05, 0) is 18.4 Å². The highest BCUT2D eigenvalue weighted by atomic mass is 35.5. The highest BCUT2D eigenvalue weighted by Crippen LogP contribution is 2.04. The molecular weight excluding hydrogens is 288 g/mol. The van der Waals surface area contributed by atoms with Crippen LogP contribution in [0, 0.1) is 0 Å². The van der Waals surface area contributed by atoms with Gasteiger partial charge in [-0.3, -0.25) is 4.79 Å². The van der Waals surface area contributed by atoms with Gasteiger partial charge in [0.15, 0.2) is 0 Å². The van der Waals surface area contributed by atoms with E-state index in [2.05, 4.69) is 12.2 Å². The third kappa shape index (κ3) is 8.05. The molecule has 120 valence electrons. The summed E-state index contributed by atoms with van der Waals surface area (Å²) >= 11 is 0. The van der Waals surface area contributed by atoms with E-state index in [1.807, 2.05) is 30.3 Å². The minimum Gasteiger partial charge on any atom is -0.383 e. The van der Waals surface area contributed by atoms with E-state index in [-0.39, 0.29) is 24.4 Å². The molecule has 0 saturated heterocycles. The van der Waals surface area contributed by atoms with Gasteiger partial charge in [0, 0.05) is 7.11 Å². The lowest BCUT2D eigenvalue weighted by Crippen LogP contribution is -2.47. The molecule has 0 aliphatic heterocycles. The average molecular weight is 315 g/mol. The number of methoxy groups -OCH3 is 1. The number of hydrogen-bond donors (Lipinski definition) is 2. The van der Waals surface area contributed by atoms with E-state index >= 15 is 0 Å². The highest BCUT2D eigenvalue weighted by Gasteiger charge is 2.18. The molecule has 21 heavy (non-hydrogen) atoms. The first-order valence-electron chi connectivity index (χ1n) is 7.26. The summed E-state index contributed by atoms with van der Waals surface area (Å²) in [6.45, 7) is 2.66. The number of halogens is 1. The summed E-state index contributed by atoms with van der Waals surface area (Å²) in [5, 5.41) is 2.98. The lowest BCUT2D eigenvalue weighted by atomic mass is 10.0. The summed E-state index contributed by atoms with van der Waals surface area (Å²) in [6.07, 6.45) is 3.66. The monoisotopic (exact) mass is 314 g/mol. The number of amides is 1. The summed E-state index contributed by atoms with van der Waals surface area (Å²) in [6, 6.07) is 9.36. The number of benzene rings is 1. The molecule has 0 saturated carbocycles. The van der Waals surface area contributed by atoms with Crippen LogP contribution in [0.4, 0.5) is 0 Å². The zero-order valence-electron chi connectivity index (χ0n) is 12.9. The Morgan fingerprint density at radius 1 is 1.33 bits per heavy atom. The third-order valence-corrected chi connectivity index (χ3v) is 3.26. The minimum atomic E-state index is -0.515. The van der Waals surface area contributed by atoms with Crippen LogP contribution in [-0.2, 0) is 16.0 Å². The number of ether oxygens (including phenoxy) is 1. The van der Waals surface area contributed by atoms with Crippen molar-refractivity contribution < 1.29 is 9.53 Å². The van der Waals surface area contributed by atoms with E-state index in [1.165, 1.54) is 0 Å². The fourth-order valence-corrected chi connectivity index (χ4v) is 2.12. The van der Waals surface area contributed by atoms with Crippen LogP contribution in [0.25, 0.3) is 0 Å². The Morgan fingerprint density at radius 2 is 2.00 bits per heavy atom. The zero-order valence-corrected chi connectivity index (χ0v) is 13.7. The van der Waals surface area contributed by atoms with Gasteiger partial charge >= 0.3 is 0 Å². The van der Waals surface area contributed by atoms with Crippen molar-refractivity contribution in [1.82, 2.24) is 5.32 Å². The van der Waals surface area contributed by atoms with Gasteiger partial charge in [0.1, 0.15) is 0 Å². The van der Waals surface area contributed by atoms with Crippen molar-refractivity contribution in [2.24, 2.45) is 5.73 Å². The predicted octanol–water partition coefficient (Wildman–Crippen LogP) is 2.30. The average Bonchev–Trinajstić information content (AvgIpc) is 2.46. The van der Waals surface area contributed by atoms with Gasteiger partial charge in [0.2, 0.25) is 5.91 Å². The number of unbranched alkanes of at least 4 members (excludes halogenated alkanes) is 1. The van der Waals surface area contributed by atoms with Crippen molar-refractivity contribution in [3.63, 3.8) is 0 Å². The van der Waals surface area contributed by atoms with Gasteiger partial charge in [-0.15, -0.1) is 12.4 Å². The molecule has 1 aromatic carbocycles. The molecule has 1 unspecified atom stereocenters. The van der Waals surface area contributed by atoms with Gasteiger partial charge in [-0.1, -0.05) is 50.1 Å². The minimum absolute atomic E-state index is 0. The largest absolute Gasteiger partial charge is 0.383 e. The van der Waals surface area contributed by atoms with Gasteiger partial charge < -0.3 is 15.8 Å². The lowest BCUT2D eigenvalue weighted by molar-refractivity contribution is -0.123. The molecule has 0 aromatic heterocycles. The molecule has 0 spiro atoms. The number of carbonyl (C=O) groups is 1. The second-order valence-electron chi connectivity index (χ2n) is 5.10. The molecule has 0 heterocycles. The lowest BCUT2D eigenvalue weighted by Gasteiger charge is -2.20. The van der Waals surface area contributed by atoms with Crippen LogP contribution in [-0.4, -0.2) is 31.7 Å². The highest BCUT2D eigenvalue weighted by molar-refractivity contribution is 5.85. The maximum absolute atomic E-state index is 12.1. The summed E-state index contributed by atoms with van der Waals surface area (Å²) < 4.78 is 5.14. The molecule has 1 amide bonds. The molecule has 2 atom stereocenters. The van der Waals surface area contributed by atoms with Gasteiger partial charge in [-0.25, -0.2) is 0 Å². The van der Waals surface area contributed by atoms with Crippen LogP contribution in [0.3, 0.4) is 0 Å². The maximum atomic E-state index is 12.1. The number of rotatable bonds is 9. The SMILES string of the molecule is CCCCC(COC)NC(=O)[C@@H](N)Cc1ccccc1.Cl. The molecular formula is C16H27ClN2O2. The van der Waals surface area contributed by atoms with Gasteiger partial charge in [-0.2, -0.15) is 0 Å². The Balaban J connectivity index is 0.00000400. The van der Waals surface area contributed by atoms with Crippen molar-refractivity contribution in [3.05, 3.63) is 35.9 Å². The van der Waals surface area contributed by atoms with Crippen LogP contribution >= 0.6 is 12.4 Å². The van der Waals surface area contributed by atoms with E-state index in [0.29, 0.717) is 13.0 Å². The summed E-state index contributed by atoms with van der Waals surface area (Å²) in [5.41, 5.74) is 7.05. The molecule has 1 rings (SSSR count). The molecule has 1 aromatic rings. The summed E-state index contributed by atoms with van der Waals surface area (Å²) in [7, 11) is 1.65. The van der Waals surface area contributed by atoms with Crippen LogP contribution in [0.15, 0.2) is 30.3 Å². The Morgan fingerprint density at radius 3 is 2.57 bits per heavy atom. The quantitative estimate of drug-likeness (QED) is 0.735. The molecule has 5 heteroatoms. The fraction of sp³-hybridized carbons (Fsp3) is 0.562. The molecule has 0 aliphatic rings. The van der Waals surface area contributed by atoms with Crippen LogP contribution in [0.5, 0.6) is 0 Å². The van der Waals surface area contributed by atoms with Gasteiger partial charge in [0.05, 0.1) is 18.7 Å². The maximum Gasteiger partial charge on any atom is 0.237 e. The number of hydrogen-bond acceptors (Lipinski definition) is 3. The Labute approximate surface area is 133 Å². The molecule has 0 aliphatic carbocycles. The predicted molar refractivity (Wildman–Crippen MR) is 88.7 cm³/mol. The standard InChI is InChI=1S/C16H26N2O2.ClH/c1-3-4-10-14(12-20-2)18-16(19)15(17)11-13-8-6-5-7-9-13;/h5-9,14-15H,3-4,10-12,17H2,1-2H3,(H,18,19);1H/t14?,15-;/m0./s1. The molecule has 0 bridgehead atoms. The van der Waals surface area contributed by atoms with E-state index in [9.17, 15) is 4.79 Å². The first-order valence-corrected chi connectivity index (χ1v) is 7.26. The topological polar surface area (TPSA) is 64.3 Å². The van der Waals surface area contributed by atoms with Crippen LogP contribution < -0.4 is 11.1 Å². The first-order chi connectivity index (χ1) is 9.67. The molecule has 0 radical (unpaired) electrons. The Bertz CT molecular complexity index is 387. The van der Waals surface area contributed by atoms with Crippen molar-refractivity contribution in [2.45, 2.75) is 44.7 Å². The first kappa shape index (κ1) is 19.9. The number of nitrogens with one attached hydrogen (secondary N) is 1. The van der Waals surface area contributed by atoms with Crippen LogP contribution in [0.1, 0.15) is 31.7 Å².